The van der Waals surface area contributed by atoms with Crippen molar-refractivity contribution in [3.63, 3.8) is 0 Å². The molecule has 4 rings (SSSR count). The van der Waals surface area contributed by atoms with Crippen LogP contribution in [0.5, 0.6) is 17.2 Å². The van der Waals surface area contributed by atoms with E-state index in [2.05, 4.69) is 15.5 Å². The summed E-state index contributed by atoms with van der Waals surface area (Å²) in [5.41, 5.74) is 6.68. The first-order chi connectivity index (χ1) is 12.2. The summed E-state index contributed by atoms with van der Waals surface area (Å²) in [6, 6.07) is 13.5. The lowest BCUT2D eigenvalue weighted by molar-refractivity contribution is 0.174. The fraction of sp³-hybridized carbons (Fsp3) is 0.158. The van der Waals surface area contributed by atoms with Gasteiger partial charge < -0.3 is 14.2 Å². The second kappa shape index (κ2) is 6.32. The van der Waals surface area contributed by atoms with E-state index in [1.165, 1.54) is 0 Å². The summed E-state index contributed by atoms with van der Waals surface area (Å²) < 4.78 is 15.9. The number of hydrazone groups is 1. The van der Waals surface area contributed by atoms with Crippen molar-refractivity contribution in [2.45, 2.75) is 6.92 Å². The van der Waals surface area contributed by atoms with E-state index in [-0.39, 0.29) is 6.79 Å². The van der Waals surface area contributed by atoms with E-state index in [1.807, 2.05) is 49.4 Å². The number of benzene rings is 2. The maximum Gasteiger partial charge on any atom is 0.231 e. The zero-order valence-corrected chi connectivity index (χ0v) is 13.9. The fourth-order valence-corrected chi connectivity index (χ4v) is 2.73. The van der Waals surface area contributed by atoms with Crippen molar-refractivity contribution < 1.29 is 14.2 Å². The minimum atomic E-state index is 0.264. The first-order valence-electron chi connectivity index (χ1n) is 7.87. The van der Waals surface area contributed by atoms with Crippen molar-refractivity contribution in [2.24, 2.45) is 5.10 Å². The zero-order chi connectivity index (χ0) is 17.2. The Morgan fingerprint density at radius 2 is 2.00 bits per heavy atom. The summed E-state index contributed by atoms with van der Waals surface area (Å²) in [5.74, 6) is 2.27. The summed E-state index contributed by atoms with van der Waals surface area (Å²) in [4.78, 5) is 4.55. The largest absolute Gasteiger partial charge is 0.497 e. The van der Waals surface area contributed by atoms with Gasteiger partial charge in [-0.3, -0.25) is 10.4 Å². The Kier molecular flexibility index (Phi) is 3.85. The summed E-state index contributed by atoms with van der Waals surface area (Å²) in [5, 5.41) is 5.32. The highest BCUT2D eigenvalue weighted by Gasteiger charge is 2.12. The third-order valence-corrected chi connectivity index (χ3v) is 3.94. The molecule has 3 aromatic rings. The number of aryl methyl sites for hydroxylation is 1. The molecule has 1 aliphatic rings. The third kappa shape index (κ3) is 3.06. The average molecular weight is 335 g/mol. The smallest absolute Gasteiger partial charge is 0.231 e. The zero-order valence-electron chi connectivity index (χ0n) is 13.9. The van der Waals surface area contributed by atoms with Gasteiger partial charge in [0.2, 0.25) is 6.79 Å². The second-order valence-electron chi connectivity index (χ2n) is 5.68. The van der Waals surface area contributed by atoms with Gasteiger partial charge in [0.1, 0.15) is 5.75 Å². The third-order valence-electron chi connectivity index (χ3n) is 3.94. The van der Waals surface area contributed by atoms with Crippen LogP contribution in [0.15, 0.2) is 47.6 Å². The Morgan fingerprint density at radius 3 is 2.88 bits per heavy atom. The molecule has 0 radical (unpaired) electrons. The number of ether oxygens (including phenoxy) is 3. The normalized spacial score (nSPS) is 12.7. The van der Waals surface area contributed by atoms with E-state index < -0.39 is 0 Å². The van der Waals surface area contributed by atoms with Crippen molar-refractivity contribution in [1.82, 2.24) is 4.98 Å². The molecule has 6 nitrogen and oxygen atoms in total. The molecule has 25 heavy (non-hydrogen) atoms. The van der Waals surface area contributed by atoms with Crippen LogP contribution in [-0.2, 0) is 0 Å². The van der Waals surface area contributed by atoms with Gasteiger partial charge in [0.15, 0.2) is 11.5 Å². The van der Waals surface area contributed by atoms with E-state index in [9.17, 15) is 0 Å². The number of methoxy groups -OCH3 is 1. The number of hydrogen-bond donors (Lipinski definition) is 1. The number of fused-ring (bicyclic) bond motifs is 2. The number of nitrogens with one attached hydrogen (secondary N) is 1. The van der Waals surface area contributed by atoms with Crippen molar-refractivity contribution in [1.29, 1.82) is 0 Å². The summed E-state index contributed by atoms with van der Waals surface area (Å²) >= 11 is 0. The van der Waals surface area contributed by atoms with E-state index in [4.69, 9.17) is 14.2 Å². The predicted molar refractivity (Wildman–Crippen MR) is 96.8 cm³/mol. The first kappa shape index (κ1) is 15.3. The number of anilines is 1. The topological polar surface area (TPSA) is 65.0 Å². The standard InChI is InChI=1S/C19H17N3O3/c1-12-7-17(15-5-4-14(23-2)9-16(15)21-12)22-20-10-13-3-6-18-19(8-13)25-11-24-18/h3-10H,11H2,1-2H3,(H,21,22)/b20-10-. The molecule has 0 atom stereocenters. The maximum atomic E-state index is 5.37. The van der Waals surface area contributed by atoms with Crippen LogP contribution in [-0.4, -0.2) is 25.1 Å². The highest BCUT2D eigenvalue weighted by molar-refractivity contribution is 5.93. The average Bonchev–Trinajstić information content (AvgIpc) is 3.08. The maximum absolute atomic E-state index is 5.37. The van der Waals surface area contributed by atoms with E-state index >= 15 is 0 Å². The summed E-state index contributed by atoms with van der Waals surface area (Å²) in [6.07, 6.45) is 1.74. The van der Waals surface area contributed by atoms with Gasteiger partial charge in [0.05, 0.1) is 24.5 Å². The van der Waals surface area contributed by atoms with Gasteiger partial charge in [-0.15, -0.1) is 0 Å². The van der Waals surface area contributed by atoms with Crippen molar-refractivity contribution >= 4 is 22.8 Å². The second-order valence-corrected chi connectivity index (χ2v) is 5.68. The van der Waals surface area contributed by atoms with Gasteiger partial charge in [0, 0.05) is 17.1 Å². The number of nitrogens with zero attached hydrogens (tertiary/aromatic N) is 2. The molecule has 1 aromatic heterocycles. The lowest BCUT2D eigenvalue weighted by Gasteiger charge is -2.08. The van der Waals surface area contributed by atoms with Crippen molar-refractivity contribution in [2.75, 3.05) is 19.3 Å². The molecule has 1 aliphatic heterocycles. The van der Waals surface area contributed by atoms with Gasteiger partial charge >= 0.3 is 0 Å². The Balaban J connectivity index is 1.60. The van der Waals surface area contributed by atoms with Crippen molar-refractivity contribution in [3.05, 3.63) is 53.7 Å². The minimum absolute atomic E-state index is 0.264. The molecule has 1 N–H and O–H groups in total. The summed E-state index contributed by atoms with van der Waals surface area (Å²) in [6.45, 7) is 2.21. The van der Waals surface area contributed by atoms with Gasteiger partial charge in [-0.05, 0) is 48.9 Å². The van der Waals surface area contributed by atoms with Crippen LogP contribution in [0.1, 0.15) is 11.3 Å². The van der Waals surface area contributed by atoms with Crippen LogP contribution in [0.25, 0.3) is 10.9 Å². The highest BCUT2D eigenvalue weighted by Crippen LogP contribution is 2.32. The monoisotopic (exact) mass is 335 g/mol. The molecule has 0 spiro atoms. The lowest BCUT2D eigenvalue weighted by Crippen LogP contribution is -1.95. The van der Waals surface area contributed by atoms with Gasteiger partial charge in [0.25, 0.3) is 0 Å². The molecule has 0 bridgehead atoms. The van der Waals surface area contributed by atoms with E-state index in [0.29, 0.717) is 0 Å². The van der Waals surface area contributed by atoms with E-state index in [0.717, 1.165) is 45.1 Å². The van der Waals surface area contributed by atoms with Crippen LogP contribution in [0, 0.1) is 6.92 Å². The molecule has 0 amide bonds. The van der Waals surface area contributed by atoms with Crippen LogP contribution in [0.4, 0.5) is 5.69 Å². The van der Waals surface area contributed by atoms with Crippen LogP contribution in [0.2, 0.25) is 0 Å². The quantitative estimate of drug-likeness (QED) is 0.581. The van der Waals surface area contributed by atoms with Crippen LogP contribution >= 0.6 is 0 Å². The Labute approximate surface area is 145 Å². The van der Waals surface area contributed by atoms with Gasteiger partial charge in [-0.2, -0.15) is 5.10 Å². The molecule has 2 aromatic carbocycles. The molecule has 0 unspecified atom stereocenters. The van der Waals surface area contributed by atoms with Crippen LogP contribution in [0.3, 0.4) is 0 Å². The SMILES string of the molecule is COc1ccc2c(N/N=C\c3ccc4c(c3)OCO4)cc(C)nc2c1. The fourth-order valence-electron chi connectivity index (χ4n) is 2.73. The number of hydrogen-bond acceptors (Lipinski definition) is 6. The van der Waals surface area contributed by atoms with Gasteiger partial charge in [-0.1, -0.05) is 0 Å². The van der Waals surface area contributed by atoms with E-state index in [1.54, 1.807) is 13.3 Å². The molecular formula is C19H17N3O3. The Bertz CT molecular complexity index is 970. The Hall–Kier alpha value is -3.28. The Morgan fingerprint density at radius 1 is 1.12 bits per heavy atom. The lowest BCUT2D eigenvalue weighted by atomic mass is 10.1. The van der Waals surface area contributed by atoms with Crippen LogP contribution < -0.4 is 19.6 Å². The molecule has 2 heterocycles. The molecule has 0 aliphatic carbocycles. The molecule has 6 heteroatoms. The molecule has 0 saturated heterocycles. The first-order valence-corrected chi connectivity index (χ1v) is 7.87. The molecule has 126 valence electrons. The number of pyridine rings is 1. The molecule has 0 saturated carbocycles. The molecular weight excluding hydrogens is 318 g/mol. The minimum Gasteiger partial charge on any atom is -0.497 e. The predicted octanol–water partition coefficient (Wildman–Crippen LogP) is 3.73. The molecule has 0 fully saturated rings. The number of aromatic nitrogens is 1. The summed E-state index contributed by atoms with van der Waals surface area (Å²) in [7, 11) is 1.64. The van der Waals surface area contributed by atoms with Gasteiger partial charge in [-0.25, -0.2) is 0 Å². The van der Waals surface area contributed by atoms with Crippen molar-refractivity contribution in [3.8, 4) is 17.2 Å². The highest BCUT2D eigenvalue weighted by atomic mass is 16.7. The number of rotatable bonds is 4.